The van der Waals surface area contributed by atoms with E-state index in [9.17, 15) is 0 Å². The van der Waals surface area contributed by atoms with Crippen LogP contribution < -0.4 is 8.53 Å². The maximum absolute atomic E-state index is 5.31. The number of para-hydroxylation sites is 1. The summed E-state index contributed by atoms with van der Waals surface area (Å²) in [5.74, 6) is 1.62. The first kappa shape index (κ1) is 10.3. The lowest BCUT2D eigenvalue weighted by atomic mass is 10.1. The second kappa shape index (κ2) is 4.10. The first-order chi connectivity index (χ1) is 7.26. The number of methoxy groups -OCH3 is 1. The molecule has 0 aliphatic carbocycles. The first-order valence-electron chi connectivity index (χ1n) is 4.62. The molecule has 0 aliphatic rings. The van der Waals surface area contributed by atoms with E-state index in [0.717, 1.165) is 28.1 Å². The van der Waals surface area contributed by atoms with Crippen LogP contribution in [-0.2, 0) is 0 Å². The van der Waals surface area contributed by atoms with Crippen molar-refractivity contribution in [1.82, 2.24) is 4.98 Å². The van der Waals surface area contributed by atoms with E-state index in [1.54, 1.807) is 7.11 Å². The van der Waals surface area contributed by atoms with Crippen molar-refractivity contribution in [1.29, 1.82) is 0 Å². The van der Waals surface area contributed by atoms with Gasteiger partial charge in [-0.25, -0.2) is 4.98 Å². The van der Waals surface area contributed by atoms with Gasteiger partial charge < -0.3 is 8.53 Å². The predicted molar refractivity (Wildman–Crippen MR) is 60.8 cm³/mol. The molecule has 0 saturated carbocycles. The summed E-state index contributed by atoms with van der Waals surface area (Å²) in [7, 11) is 1.66. The zero-order valence-electron chi connectivity index (χ0n) is 8.78. The molecule has 0 saturated heterocycles. The molecule has 15 heavy (non-hydrogen) atoms. The Bertz CT molecular complexity index is 499. The lowest BCUT2D eigenvalue weighted by Gasteiger charge is -2.10. The zero-order valence-corrected chi connectivity index (χ0v) is 10.2. The predicted octanol–water partition coefficient (Wildman–Crippen LogP) is 1.75. The summed E-state index contributed by atoms with van der Waals surface area (Å²) in [5, 5.41) is 0.979. The van der Waals surface area contributed by atoms with Gasteiger partial charge in [0.2, 0.25) is 0 Å². The summed E-state index contributed by atoms with van der Waals surface area (Å²) >= 11 is 1.45. The van der Waals surface area contributed by atoms with Crippen LogP contribution in [0.2, 0.25) is 0 Å². The van der Waals surface area contributed by atoms with Crippen LogP contribution in [0.1, 0.15) is 5.69 Å². The number of rotatable bonds is 2. The van der Waals surface area contributed by atoms with Gasteiger partial charge in [0.25, 0.3) is 0 Å². The lowest BCUT2D eigenvalue weighted by Crippen LogP contribution is -1.93. The number of nitrogens with zero attached hydrogens (tertiary/aromatic N) is 1. The van der Waals surface area contributed by atoms with Crippen molar-refractivity contribution in [2.75, 3.05) is 7.11 Å². The fourth-order valence-electron chi connectivity index (χ4n) is 1.60. The largest absolute Gasteiger partial charge is 0.649 e. The Hall–Kier alpha value is -1.24. The SMILES string of the molecule is COc1cc(C)nc2c([O][AlH])cccc12. The molecule has 1 aromatic heterocycles. The molecule has 0 unspecified atom stereocenters. The third-order valence-corrected chi connectivity index (χ3v) is 2.58. The number of hydrogen-bond acceptors (Lipinski definition) is 3. The Morgan fingerprint density at radius 2 is 2.07 bits per heavy atom. The van der Waals surface area contributed by atoms with Crippen LogP contribution in [0.25, 0.3) is 10.9 Å². The minimum absolute atomic E-state index is 0.785. The summed E-state index contributed by atoms with van der Waals surface area (Å²) in [4.78, 5) is 4.45. The number of ether oxygens (including phenoxy) is 1. The monoisotopic (exact) mass is 216 g/mol. The summed E-state index contributed by atoms with van der Waals surface area (Å²) in [6, 6.07) is 7.74. The van der Waals surface area contributed by atoms with Crippen molar-refractivity contribution in [3.63, 3.8) is 0 Å². The fourth-order valence-corrected chi connectivity index (χ4v) is 1.83. The summed E-state index contributed by atoms with van der Waals surface area (Å²) < 4.78 is 10.6. The van der Waals surface area contributed by atoms with Crippen molar-refractivity contribution in [2.45, 2.75) is 6.92 Å². The van der Waals surface area contributed by atoms with Gasteiger partial charge in [0.15, 0.2) is 0 Å². The van der Waals surface area contributed by atoms with Crippen molar-refractivity contribution in [3.05, 3.63) is 30.0 Å². The summed E-state index contributed by atoms with van der Waals surface area (Å²) in [5.41, 5.74) is 1.77. The van der Waals surface area contributed by atoms with Crippen molar-refractivity contribution < 1.29 is 8.53 Å². The molecular formula is C11H11AlNO2. The Balaban J connectivity index is 2.82. The molecule has 1 aromatic carbocycles. The highest BCUT2D eigenvalue weighted by molar-refractivity contribution is 6.02. The average molecular weight is 216 g/mol. The number of pyridine rings is 1. The van der Waals surface area contributed by atoms with E-state index in [-0.39, 0.29) is 0 Å². The van der Waals surface area contributed by atoms with Crippen LogP contribution in [0.4, 0.5) is 0 Å². The topological polar surface area (TPSA) is 31.4 Å². The quantitative estimate of drug-likeness (QED) is 0.716. The van der Waals surface area contributed by atoms with Crippen LogP contribution in [0.3, 0.4) is 0 Å². The Labute approximate surface area is 96.8 Å². The minimum Gasteiger partial charge on any atom is -0.649 e. The number of aryl methyl sites for hydroxylation is 1. The Kier molecular flexibility index (Phi) is 2.81. The van der Waals surface area contributed by atoms with Crippen LogP contribution in [0.15, 0.2) is 24.3 Å². The molecule has 75 valence electrons. The molecule has 2 rings (SSSR count). The van der Waals surface area contributed by atoms with Gasteiger partial charge in [-0.3, -0.25) is 0 Å². The molecule has 1 radical (unpaired) electrons. The highest BCUT2D eigenvalue weighted by Crippen LogP contribution is 2.30. The van der Waals surface area contributed by atoms with Crippen molar-refractivity contribution in [2.24, 2.45) is 0 Å². The molecule has 0 fully saturated rings. The van der Waals surface area contributed by atoms with Crippen molar-refractivity contribution >= 4 is 27.5 Å². The van der Waals surface area contributed by atoms with E-state index in [2.05, 4.69) is 4.98 Å². The van der Waals surface area contributed by atoms with E-state index in [1.165, 1.54) is 16.6 Å². The standard InChI is InChI=1S/C11H11NO2.Al.H/c1-7-6-10(14-2)8-4-3-5-9(13)11(8)12-7;;/h3-6,13H,1-2H3;;/q;+1;/p-1. The van der Waals surface area contributed by atoms with Gasteiger partial charge in [0.05, 0.1) is 7.11 Å². The van der Waals surface area contributed by atoms with Gasteiger partial charge in [-0.05, 0) is 19.1 Å². The minimum atomic E-state index is 0.785. The van der Waals surface area contributed by atoms with Gasteiger partial charge in [-0.2, -0.15) is 0 Å². The average Bonchev–Trinajstić information content (AvgIpc) is 2.27. The maximum Gasteiger partial charge on any atom is 0.494 e. The normalized spacial score (nSPS) is 10.3. The second-order valence-electron chi connectivity index (χ2n) is 3.26. The van der Waals surface area contributed by atoms with Gasteiger partial charge in [-0.15, -0.1) is 0 Å². The van der Waals surface area contributed by atoms with E-state index in [4.69, 9.17) is 8.53 Å². The maximum atomic E-state index is 5.31. The second-order valence-corrected chi connectivity index (χ2v) is 3.55. The van der Waals surface area contributed by atoms with Crippen LogP contribution in [0.5, 0.6) is 11.5 Å². The number of benzene rings is 1. The van der Waals surface area contributed by atoms with Gasteiger partial charge in [0.1, 0.15) is 17.0 Å². The Morgan fingerprint density at radius 1 is 1.27 bits per heavy atom. The van der Waals surface area contributed by atoms with Crippen LogP contribution >= 0.6 is 0 Å². The molecule has 0 amide bonds. The highest BCUT2D eigenvalue weighted by atomic mass is 27.1. The van der Waals surface area contributed by atoms with Crippen molar-refractivity contribution in [3.8, 4) is 11.5 Å². The molecule has 2 aromatic rings. The molecule has 0 spiro atoms. The number of aromatic nitrogens is 1. The fraction of sp³-hybridized carbons (Fsp3) is 0.182. The van der Waals surface area contributed by atoms with E-state index < -0.39 is 0 Å². The molecule has 0 N–H and O–H groups in total. The van der Waals surface area contributed by atoms with E-state index >= 15 is 0 Å². The molecule has 0 bridgehead atoms. The zero-order chi connectivity index (χ0) is 10.8. The summed E-state index contributed by atoms with van der Waals surface area (Å²) in [6.45, 7) is 1.94. The lowest BCUT2D eigenvalue weighted by molar-refractivity contribution is 0.419. The number of fused-ring (bicyclic) bond motifs is 1. The van der Waals surface area contributed by atoms with E-state index in [1.807, 2.05) is 31.2 Å². The number of hydrogen-bond donors (Lipinski definition) is 0. The van der Waals surface area contributed by atoms with E-state index in [0.29, 0.717) is 0 Å². The molecule has 1 heterocycles. The Morgan fingerprint density at radius 3 is 2.73 bits per heavy atom. The third kappa shape index (κ3) is 1.79. The van der Waals surface area contributed by atoms with Crippen LogP contribution in [-0.4, -0.2) is 28.7 Å². The third-order valence-electron chi connectivity index (χ3n) is 2.27. The van der Waals surface area contributed by atoms with Gasteiger partial charge >= 0.3 is 16.6 Å². The van der Waals surface area contributed by atoms with Gasteiger partial charge in [0, 0.05) is 17.1 Å². The molecule has 0 atom stereocenters. The highest BCUT2D eigenvalue weighted by Gasteiger charge is 2.07. The van der Waals surface area contributed by atoms with Crippen LogP contribution in [0, 0.1) is 6.92 Å². The molecule has 3 nitrogen and oxygen atoms in total. The summed E-state index contributed by atoms with van der Waals surface area (Å²) in [6.07, 6.45) is 0. The smallest absolute Gasteiger partial charge is 0.494 e. The van der Waals surface area contributed by atoms with Gasteiger partial charge in [-0.1, -0.05) is 6.07 Å². The molecule has 4 heteroatoms. The molecular weight excluding hydrogens is 205 g/mol. The first-order valence-corrected chi connectivity index (χ1v) is 5.20. The molecule has 0 aliphatic heterocycles.